The Morgan fingerprint density at radius 2 is 1.61 bits per heavy atom. The maximum Gasteiger partial charge on any atom is 0.176 e. The van der Waals surface area contributed by atoms with Crippen molar-refractivity contribution in [2.45, 2.75) is 15.8 Å². The maximum absolute atomic E-state index is 11.6. The topological polar surface area (TPSA) is 115 Å². The van der Waals surface area contributed by atoms with Gasteiger partial charge in [-0.3, -0.25) is 0 Å². The molecule has 1 aromatic rings. The summed E-state index contributed by atoms with van der Waals surface area (Å²) >= 11 is 0. The van der Waals surface area contributed by atoms with Gasteiger partial charge < -0.3 is 10.8 Å². The van der Waals surface area contributed by atoms with Crippen molar-refractivity contribution in [3.8, 4) is 0 Å². The molecule has 8 heteroatoms. The van der Waals surface area contributed by atoms with Crippen LogP contribution in [0, 0.1) is 0 Å². The Labute approximate surface area is 106 Å². The van der Waals surface area contributed by atoms with E-state index >= 15 is 0 Å². The summed E-state index contributed by atoms with van der Waals surface area (Å²) in [6, 6.07) is 3.02. The van der Waals surface area contributed by atoms with Gasteiger partial charge in [-0.1, -0.05) is 6.07 Å². The van der Waals surface area contributed by atoms with Crippen molar-refractivity contribution in [1.82, 2.24) is 0 Å². The molecule has 0 saturated heterocycles. The van der Waals surface area contributed by atoms with Crippen LogP contribution in [0.4, 0.5) is 0 Å². The molecule has 0 amide bonds. The number of nitrogens with two attached hydrogens (primary N) is 1. The first kappa shape index (κ1) is 15.1. The molecule has 18 heavy (non-hydrogen) atoms. The Morgan fingerprint density at radius 1 is 1.11 bits per heavy atom. The van der Waals surface area contributed by atoms with Gasteiger partial charge in [-0.15, -0.1) is 0 Å². The van der Waals surface area contributed by atoms with Gasteiger partial charge in [0, 0.05) is 12.5 Å². The molecule has 6 nitrogen and oxygen atoms in total. The lowest BCUT2D eigenvalue weighted by atomic mass is 10.1. The first-order valence-corrected chi connectivity index (χ1v) is 8.76. The number of sulfone groups is 2. The lowest BCUT2D eigenvalue weighted by Crippen LogP contribution is -2.16. The molecule has 0 fully saturated rings. The average molecular weight is 293 g/mol. The van der Waals surface area contributed by atoms with E-state index in [1.54, 1.807) is 0 Å². The summed E-state index contributed by atoms with van der Waals surface area (Å²) in [6.45, 7) is -0.360. The van der Waals surface area contributed by atoms with Gasteiger partial charge in [0.25, 0.3) is 0 Å². The zero-order valence-electron chi connectivity index (χ0n) is 9.99. The molecule has 1 aromatic carbocycles. The summed E-state index contributed by atoms with van der Waals surface area (Å²) in [5, 5.41) is 8.92. The van der Waals surface area contributed by atoms with Crippen molar-refractivity contribution < 1.29 is 21.9 Å². The van der Waals surface area contributed by atoms with Crippen LogP contribution in [-0.4, -0.2) is 41.1 Å². The molecule has 0 aliphatic rings. The highest BCUT2D eigenvalue weighted by atomic mass is 32.2. The van der Waals surface area contributed by atoms with Crippen LogP contribution in [0.5, 0.6) is 0 Å². The van der Waals surface area contributed by atoms with E-state index in [4.69, 9.17) is 10.8 Å². The van der Waals surface area contributed by atoms with Gasteiger partial charge >= 0.3 is 0 Å². The molecule has 0 spiro atoms. The standard InChI is InChI=1S/C10H15NO5S2/c1-17(13,14)9-4-3-7(8(11)6-12)5-10(9)18(2,15)16/h3-5,8,12H,6,11H2,1-2H3. The summed E-state index contributed by atoms with van der Waals surface area (Å²) in [5.41, 5.74) is 5.94. The van der Waals surface area contributed by atoms with Gasteiger partial charge in [0.15, 0.2) is 19.7 Å². The van der Waals surface area contributed by atoms with Gasteiger partial charge in [0.05, 0.1) is 22.4 Å². The highest BCUT2D eigenvalue weighted by molar-refractivity contribution is 7.93. The van der Waals surface area contributed by atoms with Crippen molar-refractivity contribution in [3.05, 3.63) is 23.8 Å². The Hall–Kier alpha value is -0.960. The molecule has 0 aromatic heterocycles. The SMILES string of the molecule is CS(=O)(=O)c1ccc(C(N)CO)cc1S(C)(=O)=O. The van der Waals surface area contributed by atoms with Crippen LogP contribution in [0.3, 0.4) is 0 Å². The molecule has 0 aliphatic heterocycles. The lowest BCUT2D eigenvalue weighted by molar-refractivity contribution is 0.268. The zero-order chi connectivity index (χ0) is 14.1. The summed E-state index contributed by atoms with van der Waals surface area (Å²) in [6.07, 6.45) is 1.86. The predicted molar refractivity (Wildman–Crippen MR) is 66.7 cm³/mol. The fourth-order valence-corrected chi connectivity index (χ4v) is 3.89. The fourth-order valence-electron chi connectivity index (χ4n) is 1.46. The number of hydrogen-bond donors (Lipinski definition) is 2. The van der Waals surface area contributed by atoms with E-state index in [-0.39, 0.29) is 16.4 Å². The average Bonchev–Trinajstić information content (AvgIpc) is 2.24. The zero-order valence-corrected chi connectivity index (χ0v) is 11.6. The van der Waals surface area contributed by atoms with E-state index in [9.17, 15) is 16.8 Å². The molecular weight excluding hydrogens is 278 g/mol. The molecule has 0 aliphatic carbocycles. The molecule has 1 atom stereocenters. The minimum atomic E-state index is -3.70. The third-order valence-electron chi connectivity index (χ3n) is 2.39. The summed E-state index contributed by atoms with van der Waals surface area (Å²) in [5.74, 6) is 0. The lowest BCUT2D eigenvalue weighted by Gasteiger charge is -2.12. The second kappa shape index (κ2) is 4.96. The number of rotatable bonds is 4. The molecule has 3 N–H and O–H groups in total. The molecule has 1 unspecified atom stereocenters. The van der Waals surface area contributed by atoms with Gasteiger partial charge in [0.1, 0.15) is 0 Å². The Morgan fingerprint density at radius 3 is 2.00 bits per heavy atom. The molecule has 102 valence electrons. The Balaban J connectivity index is 3.60. The first-order chi connectivity index (χ1) is 8.07. The minimum absolute atomic E-state index is 0.265. The highest BCUT2D eigenvalue weighted by Crippen LogP contribution is 2.24. The molecule has 0 radical (unpaired) electrons. The largest absolute Gasteiger partial charge is 0.394 e. The van der Waals surface area contributed by atoms with Crippen LogP contribution >= 0.6 is 0 Å². The van der Waals surface area contributed by atoms with E-state index in [1.165, 1.54) is 18.2 Å². The second-order valence-corrected chi connectivity index (χ2v) is 8.01. The quantitative estimate of drug-likeness (QED) is 0.772. The fraction of sp³-hybridized carbons (Fsp3) is 0.400. The second-order valence-electron chi connectivity index (χ2n) is 4.04. The molecule has 1 rings (SSSR count). The van der Waals surface area contributed by atoms with Crippen molar-refractivity contribution in [3.63, 3.8) is 0 Å². The molecule has 0 bridgehead atoms. The van der Waals surface area contributed by atoms with Crippen molar-refractivity contribution >= 4 is 19.7 Å². The Bertz CT molecular complexity index is 649. The van der Waals surface area contributed by atoms with Crippen molar-refractivity contribution in [1.29, 1.82) is 0 Å². The van der Waals surface area contributed by atoms with Gasteiger partial charge in [0.2, 0.25) is 0 Å². The van der Waals surface area contributed by atoms with Crippen molar-refractivity contribution in [2.75, 3.05) is 19.1 Å². The molecule has 0 heterocycles. The van der Waals surface area contributed by atoms with E-state index in [1.807, 2.05) is 0 Å². The van der Waals surface area contributed by atoms with Gasteiger partial charge in [-0.25, -0.2) is 16.8 Å². The maximum atomic E-state index is 11.6. The normalized spacial score (nSPS) is 14.4. The van der Waals surface area contributed by atoms with Crippen LogP contribution in [-0.2, 0) is 19.7 Å². The third kappa shape index (κ3) is 3.29. The van der Waals surface area contributed by atoms with E-state index in [2.05, 4.69) is 0 Å². The summed E-state index contributed by atoms with van der Waals surface area (Å²) in [7, 11) is -7.35. The van der Waals surface area contributed by atoms with Crippen LogP contribution in [0.15, 0.2) is 28.0 Å². The monoisotopic (exact) mass is 293 g/mol. The number of benzene rings is 1. The highest BCUT2D eigenvalue weighted by Gasteiger charge is 2.22. The third-order valence-corrected chi connectivity index (χ3v) is 4.81. The van der Waals surface area contributed by atoms with Crippen LogP contribution < -0.4 is 5.73 Å². The van der Waals surface area contributed by atoms with Gasteiger partial charge in [-0.05, 0) is 17.7 Å². The number of aliphatic hydroxyl groups is 1. The van der Waals surface area contributed by atoms with Crippen LogP contribution in [0.1, 0.15) is 11.6 Å². The number of hydrogen-bond acceptors (Lipinski definition) is 6. The first-order valence-electron chi connectivity index (χ1n) is 4.98. The predicted octanol–water partition coefficient (Wildman–Crippen LogP) is -0.514. The van der Waals surface area contributed by atoms with Crippen molar-refractivity contribution in [2.24, 2.45) is 5.73 Å². The molecular formula is C10H15NO5S2. The smallest absolute Gasteiger partial charge is 0.176 e. The summed E-state index contributed by atoms with van der Waals surface area (Å²) in [4.78, 5) is -0.565. The van der Waals surface area contributed by atoms with E-state index in [0.717, 1.165) is 12.5 Å². The molecule has 0 saturated carbocycles. The van der Waals surface area contributed by atoms with Gasteiger partial charge in [-0.2, -0.15) is 0 Å². The Kier molecular flexibility index (Phi) is 4.16. The number of aliphatic hydroxyl groups excluding tert-OH is 1. The minimum Gasteiger partial charge on any atom is -0.394 e. The van der Waals surface area contributed by atoms with Crippen LogP contribution in [0.2, 0.25) is 0 Å². The van der Waals surface area contributed by atoms with E-state index < -0.39 is 25.7 Å². The summed E-state index contributed by atoms with van der Waals surface area (Å²) < 4.78 is 46.2. The van der Waals surface area contributed by atoms with Crippen LogP contribution in [0.25, 0.3) is 0 Å². The van der Waals surface area contributed by atoms with E-state index in [0.29, 0.717) is 5.56 Å².